The number of Topliss-reactive ketones (excluding diaryl/α,β-unsaturated/α-hetero) is 1. The number of thioether (sulfide) groups is 1. The molecule has 1 aliphatic heterocycles. The van der Waals surface area contributed by atoms with Crippen LogP contribution < -0.4 is 0 Å². The summed E-state index contributed by atoms with van der Waals surface area (Å²) in [5, 5.41) is 0. The predicted molar refractivity (Wildman–Crippen MR) is 72.3 cm³/mol. The number of hydrogen-bond acceptors (Lipinski definition) is 4. The molecule has 0 radical (unpaired) electrons. The van der Waals surface area contributed by atoms with Crippen LogP contribution in [-0.4, -0.2) is 53.9 Å². The van der Waals surface area contributed by atoms with Crippen LogP contribution in [0.15, 0.2) is 29.2 Å². The molecule has 100 valence electrons. The summed E-state index contributed by atoms with van der Waals surface area (Å²) >= 11 is 1.59. The van der Waals surface area contributed by atoms with Crippen molar-refractivity contribution in [3.05, 3.63) is 29.8 Å². The maximum absolute atomic E-state index is 12.0. The molecule has 0 saturated carbocycles. The van der Waals surface area contributed by atoms with Crippen LogP contribution in [0.2, 0.25) is 0 Å². The number of carbonyl (C=O) groups is 3. The third-order valence-electron chi connectivity index (χ3n) is 2.94. The lowest BCUT2D eigenvalue weighted by molar-refractivity contribution is -0.125. The molecule has 1 fully saturated rings. The molecule has 0 aromatic heterocycles. The van der Waals surface area contributed by atoms with E-state index in [9.17, 15) is 14.4 Å². The topological polar surface area (TPSA) is 57.7 Å². The van der Waals surface area contributed by atoms with Gasteiger partial charge in [-0.25, -0.2) is 4.79 Å². The maximum Gasteiger partial charge on any atom is 0.327 e. The Morgan fingerprint density at radius 3 is 2.37 bits per heavy atom. The van der Waals surface area contributed by atoms with E-state index in [4.69, 9.17) is 0 Å². The highest BCUT2D eigenvalue weighted by Crippen LogP contribution is 2.16. The minimum Gasteiger partial charge on any atom is -0.318 e. The zero-order valence-electron chi connectivity index (χ0n) is 10.8. The van der Waals surface area contributed by atoms with Gasteiger partial charge in [0, 0.05) is 17.5 Å². The van der Waals surface area contributed by atoms with E-state index in [1.165, 1.54) is 11.9 Å². The standard InChI is InChI=1S/C13H14N2O3S/c1-14-8-12(17)15(13(14)18)7-11(16)9-3-5-10(19-2)6-4-9/h3-6H,7-8H2,1-2H3. The molecule has 0 unspecified atom stereocenters. The van der Waals surface area contributed by atoms with Crippen LogP contribution in [-0.2, 0) is 4.79 Å². The molecule has 1 aromatic carbocycles. The van der Waals surface area contributed by atoms with E-state index in [0.29, 0.717) is 5.56 Å². The average Bonchev–Trinajstić information content (AvgIpc) is 2.65. The summed E-state index contributed by atoms with van der Waals surface area (Å²) in [6.45, 7) is -0.155. The number of hydrogen-bond donors (Lipinski definition) is 0. The fourth-order valence-electron chi connectivity index (χ4n) is 1.84. The van der Waals surface area contributed by atoms with E-state index in [1.54, 1.807) is 23.9 Å². The summed E-state index contributed by atoms with van der Waals surface area (Å²) in [5.74, 6) is -0.564. The molecule has 0 atom stereocenters. The Labute approximate surface area is 115 Å². The van der Waals surface area contributed by atoms with E-state index in [0.717, 1.165) is 9.80 Å². The average molecular weight is 278 g/mol. The van der Waals surface area contributed by atoms with Crippen molar-refractivity contribution in [2.45, 2.75) is 4.90 Å². The van der Waals surface area contributed by atoms with Gasteiger partial charge in [-0.05, 0) is 18.4 Å². The molecule has 6 heteroatoms. The van der Waals surface area contributed by atoms with Gasteiger partial charge >= 0.3 is 6.03 Å². The number of amides is 3. The van der Waals surface area contributed by atoms with Gasteiger partial charge in [-0.2, -0.15) is 0 Å². The Morgan fingerprint density at radius 1 is 1.26 bits per heavy atom. The first-order chi connectivity index (χ1) is 9.02. The fourth-order valence-corrected chi connectivity index (χ4v) is 2.24. The van der Waals surface area contributed by atoms with Crippen molar-refractivity contribution in [1.82, 2.24) is 9.80 Å². The van der Waals surface area contributed by atoms with Crippen molar-refractivity contribution in [3.8, 4) is 0 Å². The van der Waals surface area contributed by atoms with Crippen LogP contribution in [0.5, 0.6) is 0 Å². The number of urea groups is 1. The van der Waals surface area contributed by atoms with Crippen molar-refractivity contribution >= 4 is 29.5 Å². The molecular weight excluding hydrogens is 264 g/mol. The van der Waals surface area contributed by atoms with Gasteiger partial charge in [-0.1, -0.05) is 12.1 Å². The number of benzene rings is 1. The quantitative estimate of drug-likeness (QED) is 0.475. The highest BCUT2D eigenvalue weighted by molar-refractivity contribution is 7.98. The van der Waals surface area contributed by atoms with Gasteiger partial charge < -0.3 is 4.90 Å². The number of likely N-dealkylation sites (N-methyl/N-ethyl adjacent to an activating group) is 1. The second kappa shape index (κ2) is 5.44. The molecule has 1 saturated heterocycles. The third-order valence-corrected chi connectivity index (χ3v) is 3.69. The normalized spacial score (nSPS) is 15.3. The SMILES string of the molecule is CSc1ccc(C(=O)CN2C(=O)CN(C)C2=O)cc1. The first-order valence-electron chi connectivity index (χ1n) is 5.75. The van der Waals surface area contributed by atoms with E-state index < -0.39 is 6.03 Å². The number of carbonyl (C=O) groups excluding carboxylic acids is 3. The largest absolute Gasteiger partial charge is 0.327 e. The summed E-state index contributed by atoms with van der Waals surface area (Å²) < 4.78 is 0. The molecule has 3 amide bonds. The lowest BCUT2D eigenvalue weighted by Crippen LogP contribution is -2.36. The highest BCUT2D eigenvalue weighted by Gasteiger charge is 2.34. The van der Waals surface area contributed by atoms with Crippen LogP contribution in [0.1, 0.15) is 10.4 Å². The minimum atomic E-state index is -0.418. The molecule has 0 spiro atoms. The van der Waals surface area contributed by atoms with Crippen LogP contribution in [0.3, 0.4) is 0 Å². The molecule has 19 heavy (non-hydrogen) atoms. The summed E-state index contributed by atoms with van der Waals surface area (Å²) in [5.41, 5.74) is 0.507. The molecule has 0 bridgehead atoms. The number of ketones is 1. The molecule has 0 N–H and O–H groups in total. The van der Waals surface area contributed by atoms with E-state index in [-0.39, 0.29) is 24.8 Å². The number of nitrogens with zero attached hydrogens (tertiary/aromatic N) is 2. The van der Waals surface area contributed by atoms with Crippen molar-refractivity contribution in [3.63, 3.8) is 0 Å². The molecule has 1 aromatic rings. The van der Waals surface area contributed by atoms with Crippen LogP contribution in [0.25, 0.3) is 0 Å². The van der Waals surface area contributed by atoms with E-state index >= 15 is 0 Å². The Hall–Kier alpha value is -1.82. The molecule has 1 heterocycles. The van der Waals surface area contributed by atoms with Gasteiger partial charge in [-0.15, -0.1) is 11.8 Å². The van der Waals surface area contributed by atoms with Crippen LogP contribution in [0, 0.1) is 0 Å². The predicted octanol–water partition coefficient (Wildman–Crippen LogP) is 1.49. The monoisotopic (exact) mass is 278 g/mol. The van der Waals surface area contributed by atoms with Gasteiger partial charge in [0.05, 0.1) is 6.54 Å². The zero-order chi connectivity index (χ0) is 14.0. The van der Waals surface area contributed by atoms with Gasteiger partial charge in [0.1, 0.15) is 6.54 Å². The first kappa shape index (κ1) is 13.6. The zero-order valence-corrected chi connectivity index (χ0v) is 11.6. The smallest absolute Gasteiger partial charge is 0.318 e. The summed E-state index contributed by atoms with van der Waals surface area (Å²) in [4.78, 5) is 38.6. The van der Waals surface area contributed by atoms with Crippen LogP contribution >= 0.6 is 11.8 Å². The van der Waals surface area contributed by atoms with Gasteiger partial charge in [0.15, 0.2) is 5.78 Å². The van der Waals surface area contributed by atoms with E-state index in [1.807, 2.05) is 18.4 Å². The Balaban J connectivity index is 2.08. The van der Waals surface area contributed by atoms with Crippen LogP contribution in [0.4, 0.5) is 4.79 Å². The van der Waals surface area contributed by atoms with E-state index in [2.05, 4.69) is 0 Å². The Bertz CT molecular complexity index is 527. The third kappa shape index (κ3) is 2.78. The second-order valence-corrected chi connectivity index (χ2v) is 5.15. The molecule has 2 rings (SSSR count). The van der Waals surface area contributed by atoms with Gasteiger partial charge in [-0.3, -0.25) is 14.5 Å². The summed E-state index contributed by atoms with van der Waals surface area (Å²) in [6, 6.07) is 6.69. The Morgan fingerprint density at radius 2 is 1.89 bits per heavy atom. The molecule has 0 aliphatic carbocycles. The summed E-state index contributed by atoms with van der Waals surface area (Å²) in [6.07, 6.45) is 1.95. The number of imide groups is 1. The first-order valence-corrected chi connectivity index (χ1v) is 6.98. The Kier molecular flexibility index (Phi) is 3.90. The highest BCUT2D eigenvalue weighted by atomic mass is 32.2. The maximum atomic E-state index is 12.0. The molecular formula is C13H14N2O3S. The minimum absolute atomic E-state index is 0.0392. The lowest BCUT2D eigenvalue weighted by Gasteiger charge is -2.13. The fraction of sp³-hybridized carbons (Fsp3) is 0.308. The van der Waals surface area contributed by atoms with Gasteiger partial charge in [0.2, 0.25) is 0 Å². The number of rotatable bonds is 4. The summed E-state index contributed by atoms with van der Waals surface area (Å²) in [7, 11) is 1.54. The van der Waals surface area contributed by atoms with Crippen molar-refractivity contribution in [2.24, 2.45) is 0 Å². The van der Waals surface area contributed by atoms with Crippen molar-refractivity contribution in [2.75, 3.05) is 26.4 Å². The second-order valence-electron chi connectivity index (χ2n) is 4.27. The van der Waals surface area contributed by atoms with Crippen molar-refractivity contribution in [1.29, 1.82) is 0 Å². The van der Waals surface area contributed by atoms with Crippen molar-refractivity contribution < 1.29 is 14.4 Å². The lowest BCUT2D eigenvalue weighted by atomic mass is 10.1. The van der Waals surface area contributed by atoms with Gasteiger partial charge in [0.25, 0.3) is 5.91 Å². The molecule has 5 nitrogen and oxygen atoms in total. The molecule has 1 aliphatic rings.